The van der Waals surface area contributed by atoms with Crippen LogP contribution in [0.15, 0.2) is 29.8 Å². The molecule has 0 bridgehead atoms. The zero-order valence-electron chi connectivity index (χ0n) is 8.80. The van der Waals surface area contributed by atoms with Crippen molar-refractivity contribution in [2.45, 2.75) is 6.42 Å². The fraction of sp³-hybridized carbons (Fsp3) is 0.167. The molecule has 4 nitrogen and oxygen atoms in total. The van der Waals surface area contributed by atoms with Gasteiger partial charge in [0.1, 0.15) is 5.75 Å². The van der Waals surface area contributed by atoms with Crippen molar-refractivity contribution in [3.63, 3.8) is 0 Å². The Morgan fingerprint density at radius 3 is 2.81 bits per heavy atom. The molecule has 0 saturated heterocycles. The lowest BCUT2D eigenvalue weighted by Crippen LogP contribution is -2.04. The zero-order valence-corrected chi connectivity index (χ0v) is 8.80. The molecule has 1 aromatic rings. The Balaban J connectivity index is 3.08. The summed E-state index contributed by atoms with van der Waals surface area (Å²) in [7, 11) is 1.25. The predicted molar refractivity (Wildman–Crippen MR) is 58.3 cm³/mol. The van der Waals surface area contributed by atoms with Crippen molar-refractivity contribution < 1.29 is 14.6 Å². The Bertz CT molecular complexity index is 458. The van der Waals surface area contributed by atoms with E-state index in [9.17, 15) is 9.90 Å². The van der Waals surface area contributed by atoms with Crippen LogP contribution in [-0.4, -0.2) is 18.2 Å². The number of hydrogen-bond acceptors (Lipinski definition) is 4. The molecular formula is C12H11NO3. The number of phenols is 1. The maximum atomic E-state index is 11.3. The van der Waals surface area contributed by atoms with Crippen LogP contribution in [0.1, 0.15) is 12.0 Å². The van der Waals surface area contributed by atoms with Crippen LogP contribution < -0.4 is 0 Å². The molecule has 0 amide bonds. The zero-order chi connectivity index (χ0) is 12.0. The number of ether oxygens (including phenoxy) is 1. The summed E-state index contributed by atoms with van der Waals surface area (Å²) in [5, 5.41) is 18.1. The molecule has 16 heavy (non-hydrogen) atoms. The fourth-order valence-corrected chi connectivity index (χ4v) is 1.20. The van der Waals surface area contributed by atoms with E-state index in [0.717, 1.165) is 0 Å². The maximum Gasteiger partial charge on any atom is 0.334 e. The van der Waals surface area contributed by atoms with Crippen molar-refractivity contribution in [1.29, 1.82) is 5.26 Å². The van der Waals surface area contributed by atoms with Gasteiger partial charge in [-0.25, -0.2) is 4.79 Å². The quantitative estimate of drug-likeness (QED) is 0.619. The van der Waals surface area contributed by atoms with Crippen LogP contribution in [0, 0.1) is 11.3 Å². The summed E-state index contributed by atoms with van der Waals surface area (Å²) in [6.45, 7) is 0. The van der Waals surface area contributed by atoms with Crippen molar-refractivity contribution >= 4 is 12.0 Å². The van der Waals surface area contributed by atoms with Crippen LogP contribution in [0.4, 0.5) is 0 Å². The van der Waals surface area contributed by atoms with Gasteiger partial charge in [0.15, 0.2) is 0 Å². The number of hydrogen-bond donors (Lipinski definition) is 1. The average Bonchev–Trinajstić information content (AvgIpc) is 2.30. The smallest absolute Gasteiger partial charge is 0.334 e. The first-order chi connectivity index (χ1) is 7.69. The Kier molecular flexibility index (Phi) is 4.10. The van der Waals surface area contributed by atoms with Crippen LogP contribution in [0.3, 0.4) is 0 Å². The summed E-state index contributed by atoms with van der Waals surface area (Å²) in [6.07, 6.45) is 1.39. The van der Waals surface area contributed by atoms with Gasteiger partial charge in [-0.05, 0) is 12.1 Å². The molecule has 1 N–H and O–H groups in total. The van der Waals surface area contributed by atoms with Crippen molar-refractivity contribution in [3.8, 4) is 11.8 Å². The van der Waals surface area contributed by atoms with E-state index in [1.54, 1.807) is 18.2 Å². The Morgan fingerprint density at radius 2 is 2.25 bits per heavy atom. The molecule has 0 aliphatic carbocycles. The molecule has 0 atom stereocenters. The first-order valence-electron chi connectivity index (χ1n) is 4.63. The highest BCUT2D eigenvalue weighted by Gasteiger charge is 2.10. The Labute approximate surface area is 93.4 Å². The van der Waals surface area contributed by atoms with Gasteiger partial charge in [-0.3, -0.25) is 0 Å². The van der Waals surface area contributed by atoms with Gasteiger partial charge >= 0.3 is 5.97 Å². The first kappa shape index (κ1) is 11.8. The minimum absolute atomic E-state index is 0.0546. The highest BCUT2D eigenvalue weighted by molar-refractivity contribution is 5.94. The van der Waals surface area contributed by atoms with E-state index in [0.29, 0.717) is 5.56 Å². The average molecular weight is 217 g/mol. The van der Waals surface area contributed by atoms with E-state index < -0.39 is 5.97 Å². The number of aromatic hydroxyl groups is 1. The van der Waals surface area contributed by atoms with Gasteiger partial charge in [-0.2, -0.15) is 5.26 Å². The number of carbonyl (C=O) groups excluding carboxylic acids is 1. The van der Waals surface area contributed by atoms with Crippen molar-refractivity contribution in [2.24, 2.45) is 0 Å². The minimum atomic E-state index is -0.565. The summed E-state index contributed by atoms with van der Waals surface area (Å²) in [5.41, 5.74) is 0.699. The van der Waals surface area contributed by atoms with Gasteiger partial charge < -0.3 is 9.84 Å². The molecule has 0 aliphatic heterocycles. The van der Waals surface area contributed by atoms with Gasteiger partial charge in [-0.15, -0.1) is 0 Å². The molecule has 0 heterocycles. The van der Waals surface area contributed by atoms with Gasteiger partial charge in [0, 0.05) is 5.56 Å². The third-order valence-electron chi connectivity index (χ3n) is 1.98. The van der Waals surface area contributed by atoms with E-state index in [1.165, 1.54) is 19.3 Å². The summed E-state index contributed by atoms with van der Waals surface area (Å²) >= 11 is 0. The normalized spacial score (nSPS) is 10.6. The highest BCUT2D eigenvalue weighted by Crippen LogP contribution is 2.20. The predicted octanol–water partition coefficient (Wildman–Crippen LogP) is 1.86. The third kappa shape index (κ3) is 2.85. The van der Waals surface area contributed by atoms with E-state index in [1.807, 2.05) is 6.07 Å². The van der Waals surface area contributed by atoms with Gasteiger partial charge in [0.2, 0.25) is 0 Å². The van der Waals surface area contributed by atoms with Gasteiger partial charge in [0.25, 0.3) is 0 Å². The molecular weight excluding hydrogens is 206 g/mol. The topological polar surface area (TPSA) is 70.3 Å². The highest BCUT2D eigenvalue weighted by atomic mass is 16.5. The molecule has 0 saturated carbocycles. The molecule has 0 unspecified atom stereocenters. The van der Waals surface area contributed by atoms with Crippen LogP contribution in [0.2, 0.25) is 0 Å². The molecule has 0 radical (unpaired) electrons. The summed E-state index contributed by atoms with van der Waals surface area (Å²) < 4.78 is 4.54. The number of rotatable bonds is 3. The molecule has 82 valence electrons. The number of para-hydroxylation sites is 1. The number of phenolic OH excluding ortho intramolecular Hbond substituents is 1. The minimum Gasteiger partial charge on any atom is -0.507 e. The monoisotopic (exact) mass is 217 g/mol. The molecule has 0 aliphatic rings. The number of benzene rings is 1. The lowest BCUT2D eigenvalue weighted by Gasteiger charge is -2.02. The summed E-state index contributed by atoms with van der Waals surface area (Å²) in [4.78, 5) is 11.3. The summed E-state index contributed by atoms with van der Waals surface area (Å²) in [5.74, 6) is -0.508. The second-order valence-corrected chi connectivity index (χ2v) is 3.05. The Morgan fingerprint density at radius 1 is 1.56 bits per heavy atom. The number of nitrogens with zero attached hydrogens (tertiary/aromatic N) is 1. The molecule has 0 spiro atoms. The van der Waals surface area contributed by atoms with Crippen molar-refractivity contribution in [2.75, 3.05) is 7.11 Å². The molecule has 0 fully saturated rings. The largest absolute Gasteiger partial charge is 0.507 e. The van der Waals surface area contributed by atoms with E-state index in [2.05, 4.69) is 4.74 Å². The van der Waals surface area contributed by atoms with Crippen molar-refractivity contribution in [1.82, 2.24) is 0 Å². The standard InChI is InChI=1S/C12H11NO3/c1-16-12(15)10(6-7-13)8-9-4-2-3-5-11(9)14/h2-5,8,14H,6H2,1H3/b10-8+. The second-order valence-electron chi connectivity index (χ2n) is 3.05. The first-order valence-corrected chi connectivity index (χ1v) is 4.63. The van der Waals surface area contributed by atoms with Crippen LogP contribution in [-0.2, 0) is 9.53 Å². The van der Waals surface area contributed by atoms with Crippen LogP contribution in [0.5, 0.6) is 5.75 Å². The fourth-order valence-electron chi connectivity index (χ4n) is 1.20. The Hall–Kier alpha value is -2.28. The van der Waals surface area contributed by atoms with E-state index in [-0.39, 0.29) is 17.7 Å². The summed E-state index contributed by atoms with van der Waals surface area (Å²) in [6, 6.07) is 8.43. The third-order valence-corrected chi connectivity index (χ3v) is 1.98. The molecule has 0 aromatic heterocycles. The van der Waals surface area contributed by atoms with E-state index in [4.69, 9.17) is 5.26 Å². The van der Waals surface area contributed by atoms with Gasteiger partial charge in [0.05, 0.1) is 25.2 Å². The molecule has 1 aromatic carbocycles. The van der Waals surface area contributed by atoms with Crippen LogP contribution >= 0.6 is 0 Å². The molecule has 4 heteroatoms. The lowest BCUT2D eigenvalue weighted by atomic mass is 10.1. The maximum absolute atomic E-state index is 11.3. The number of esters is 1. The second kappa shape index (κ2) is 5.56. The molecule has 1 rings (SSSR count). The van der Waals surface area contributed by atoms with E-state index >= 15 is 0 Å². The number of methoxy groups -OCH3 is 1. The van der Waals surface area contributed by atoms with Crippen LogP contribution in [0.25, 0.3) is 6.08 Å². The number of carbonyl (C=O) groups is 1. The number of nitriles is 1. The lowest BCUT2D eigenvalue weighted by molar-refractivity contribution is -0.136. The van der Waals surface area contributed by atoms with Crippen molar-refractivity contribution in [3.05, 3.63) is 35.4 Å². The SMILES string of the molecule is COC(=O)/C(=C/c1ccccc1O)CC#N. The van der Waals surface area contributed by atoms with Gasteiger partial charge in [-0.1, -0.05) is 18.2 Å².